The van der Waals surface area contributed by atoms with Crippen molar-refractivity contribution in [1.82, 2.24) is 5.32 Å². The Bertz CT molecular complexity index is 719. The molecule has 0 radical (unpaired) electrons. The second kappa shape index (κ2) is 10.9. The lowest BCUT2D eigenvalue weighted by Gasteiger charge is -2.14. The number of carboxylic acid groups (broad SMARTS) is 1. The van der Waals surface area contributed by atoms with Gasteiger partial charge in [0, 0.05) is 12.3 Å². The molecule has 0 aromatic heterocycles. The number of amides is 1. The van der Waals surface area contributed by atoms with Crippen molar-refractivity contribution in [1.29, 1.82) is 0 Å². The number of anilines is 1. The zero-order valence-corrected chi connectivity index (χ0v) is 14.9. The lowest BCUT2D eigenvalue weighted by Crippen LogP contribution is -2.40. The molecule has 0 bridgehead atoms. The molecule has 0 aliphatic carbocycles. The van der Waals surface area contributed by atoms with Crippen molar-refractivity contribution in [2.45, 2.75) is 25.5 Å². The summed E-state index contributed by atoms with van der Waals surface area (Å²) in [5, 5.41) is 23.3. The molecule has 0 heterocycles. The Morgan fingerprint density at radius 2 is 1.74 bits per heavy atom. The first-order valence-corrected chi connectivity index (χ1v) is 8.72. The molecule has 4 N–H and O–H groups in total. The van der Waals surface area contributed by atoms with E-state index in [0.717, 1.165) is 5.56 Å². The van der Waals surface area contributed by atoms with Crippen LogP contribution in [0.15, 0.2) is 54.6 Å². The molecule has 2 aromatic rings. The van der Waals surface area contributed by atoms with E-state index in [1.165, 1.54) is 0 Å². The zero-order valence-electron chi connectivity index (χ0n) is 14.9. The van der Waals surface area contributed by atoms with Gasteiger partial charge in [-0.3, -0.25) is 9.59 Å². The van der Waals surface area contributed by atoms with Crippen LogP contribution in [0.1, 0.15) is 18.4 Å². The van der Waals surface area contributed by atoms with Gasteiger partial charge in [-0.25, -0.2) is 0 Å². The number of aliphatic carboxylic acids is 1. The van der Waals surface area contributed by atoms with Gasteiger partial charge in [0.1, 0.15) is 18.4 Å². The van der Waals surface area contributed by atoms with Crippen LogP contribution in [0.2, 0.25) is 0 Å². The Morgan fingerprint density at radius 1 is 1.04 bits per heavy atom. The van der Waals surface area contributed by atoms with Gasteiger partial charge < -0.3 is 25.6 Å². The molecular weight excluding hydrogens is 348 g/mol. The summed E-state index contributed by atoms with van der Waals surface area (Å²) >= 11 is 0. The normalized spacial score (nSPS) is 11.6. The second-order valence-corrected chi connectivity index (χ2v) is 5.97. The van der Waals surface area contributed by atoms with E-state index in [1.54, 1.807) is 24.3 Å². The van der Waals surface area contributed by atoms with Crippen LogP contribution in [-0.2, 0) is 16.2 Å². The van der Waals surface area contributed by atoms with Crippen molar-refractivity contribution in [3.05, 3.63) is 60.2 Å². The summed E-state index contributed by atoms with van der Waals surface area (Å²) in [4.78, 5) is 23.3. The van der Waals surface area contributed by atoms with Crippen molar-refractivity contribution in [2.75, 3.05) is 18.5 Å². The molecule has 2 rings (SSSR count). The summed E-state index contributed by atoms with van der Waals surface area (Å²) in [6.07, 6.45) is 0.225. The van der Waals surface area contributed by atoms with Crippen LogP contribution in [0.5, 0.6) is 5.75 Å². The maximum atomic E-state index is 12.1. The molecule has 1 amide bonds. The number of aliphatic hydroxyl groups excluding tert-OH is 1. The van der Waals surface area contributed by atoms with Crippen LogP contribution >= 0.6 is 0 Å². The first kappa shape index (κ1) is 20.4. The van der Waals surface area contributed by atoms with E-state index in [4.69, 9.17) is 14.9 Å². The predicted molar refractivity (Wildman–Crippen MR) is 102 cm³/mol. The van der Waals surface area contributed by atoms with Crippen LogP contribution in [0.3, 0.4) is 0 Å². The molecule has 0 aliphatic rings. The summed E-state index contributed by atoms with van der Waals surface area (Å²) in [5.41, 5.74) is 1.62. The first-order chi connectivity index (χ1) is 13.1. The summed E-state index contributed by atoms with van der Waals surface area (Å²) in [6, 6.07) is 15.7. The van der Waals surface area contributed by atoms with Gasteiger partial charge in [0.05, 0.1) is 6.42 Å². The number of carboxylic acids is 1. The van der Waals surface area contributed by atoms with E-state index in [9.17, 15) is 9.59 Å². The van der Waals surface area contributed by atoms with Crippen LogP contribution in [-0.4, -0.2) is 41.3 Å². The lowest BCUT2D eigenvalue weighted by atomic mass is 10.2. The number of aliphatic hydroxyl groups is 1. The third-order valence-electron chi connectivity index (χ3n) is 3.80. The average molecular weight is 372 g/mol. The van der Waals surface area contributed by atoms with Crippen molar-refractivity contribution in [3.8, 4) is 5.75 Å². The Hall–Kier alpha value is -2.90. The van der Waals surface area contributed by atoms with Gasteiger partial charge in [0.25, 0.3) is 0 Å². The minimum absolute atomic E-state index is 0.0375. The highest BCUT2D eigenvalue weighted by Gasteiger charge is 2.20. The van der Waals surface area contributed by atoms with Gasteiger partial charge in [-0.2, -0.15) is 0 Å². The molecule has 144 valence electrons. The number of hydrogen-bond donors (Lipinski definition) is 4. The first-order valence-electron chi connectivity index (χ1n) is 8.72. The number of ether oxygens (including phenoxy) is 1. The highest BCUT2D eigenvalue weighted by Crippen LogP contribution is 2.17. The molecule has 27 heavy (non-hydrogen) atoms. The van der Waals surface area contributed by atoms with Crippen molar-refractivity contribution < 1.29 is 24.5 Å². The quantitative estimate of drug-likeness (QED) is 0.450. The number of benzene rings is 2. The largest absolute Gasteiger partial charge is 0.489 e. The van der Waals surface area contributed by atoms with Crippen LogP contribution in [0.4, 0.5) is 5.69 Å². The van der Waals surface area contributed by atoms with Crippen molar-refractivity contribution in [3.63, 3.8) is 0 Å². The molecule has 1 atom stereocenters. The third-order valence-corrected chi connectivity index (χ3v) is 3.80. The SMILES string of the molecule is O=C(CC(NCCCO)C(=O)O)Nc1ccc(OCc2ccccc2)cc1. The average Bonchev–Trinajstić information content (AvgIpc) is 2.67. The van der Waals surface area contributed by atoms with Crippen LogP contribution in [0.25, 0.3) is 0 Å². The number of rotatable bonds is 11. The second-order valence-electron chi connectivity index (χ2n) is 5.97. The molecule has 0 saturated carbocycles. The smallest absolute Gasteiger partial charge is 0.321 e. The van der Waals surface area contributed by atoms with Gasteiger partial charge >= 0.3 is 5.97 Å². The molecule has 1 unspecified atom stereocenters. The van der Waals surface area contributed by atoms with E-state index in [1.807, 2.05) is 30.3 Å². The molecule has 2 aromatic carbocycles. The fourth-order valence-electron chi connectivity index (χ4n) is 2.37. The lowest BCUT2D eigenvalue weighted by molar-refractivity contribution is -0.141. The topological polar surface area (TPSA) is 108 Å². The molecule has 7 heteroatoms. The molecular formula is C20H24N2O5. The van der Waals surface area contributed by atoms with E-state index in [0.29, 0.717) is 31.0 Å². The van der Waals surface area contributed by atoms with Crippen molar-refractivity contribution >= 4 is 17.6 Å². The number of nitrogens with one attached hydrogen (secondary N) is 2. The number of carbonyl (C=O) groups excluding carboxylic acids is 1. The summed E-state index contributed by atoms with van der Waals surface area (Å²) in [6.45, 7) is 0.741. The Morgan fingerprint density at radius 3 is 2.37 bits per heavy atom. The van der Waals surface area contributed by atoms with Gasteiger partial charge in [-0.05, 0) is 42.8 Å². The highest BCUT2D eigenvalue weighted by atomic mass is 16.5. The fourth-order valence-corrected chi connectivity index (χ4v) is 2.37. The van der Waals surface area contributed by atoms with E-state index >= 15 is 0 Å². The molecule has 0 saturated heterocycles. The maximum absolute atomic E-state index is 12.1. The fraction of sp³-hybridized carbons (Fsp3) is 0.300. The molecule has 0 spiro atoms. The Labute approximate surface area is 158 Å². The Balaban J connectivity index is 1.82. The minimum Gasteiger partial charge on any atom is -0.489 e. The summed E-state index contributed by atoms with van der Waals surface area (Å²) in [5.74, 6) is -0.837. The molecule has 7 nitrogen and oxygen atoms in total. The van der Waals surface area contributed by atoms with Gasteiger partial charge in [0.15, 0.2) is 0 Å². The minimum atomic E-state index is -1.10. The zero-order chi connectivity index (χ0) is 19.5. The maximum Gasteiger partial charge on any atom is 0.321 e. The molecule has 0 fully saturated rings. The summed E-state index contributed by atoms with van der Waals surface area (Å²) in [7, 11) is 0. The number of carbonyl (C=O) groups is 2. The van der Waals surface area contributed by atoms with Crippen LogP contribution in [0, 0.1) is 0 Å². The van der Waals surface area contributed by atoms with Gasteiger partial charge in [-0.1, -0.05) is 30.3 Å². The summed E-state index contributed by atoms with van der Waals surface area (Å²) < 4.78 is 5.68. The number of hydrogen-bond acceptors (Lipinski definition) is 5. The van der Waals surface area contributed by atoms with Crippen LogP contribution < -0.4 is 15.4 Å². The third kappa shape index (κ3) is 7.47. The van der Waals surface area contributed by atoms with E-state index in [2.05, 4.69) is 10.6 Å². The Kier molecular flexibility index (Phi) is 8.28. The van der Waals surface area contributed by atoms with Crippen molar-refractivity contribution in [2.24, 2.45) is 0 Å². The van der Waals surface area contributed by atoms with Gasteiger partial charge in [0.2, 0.25) is 5.91 Å². The monoisotopic (exact) mass is 372 g/mol. The predicted octanol–water partition coefficient (Wildman–Crippen LogP) is 2.02. The molecule has 0 aliphatic heterocycles. The standard InChI is InChI=1S/C20H24N2O5/c23-12-4-11-21-18(20(25)26)13-19(24)22-16-7-9-17(10-8-16)27-14-15-5-2-1-3-6-15/h1-3,5-10,18,21,23H,4,11-14H2,(H,22,24)(H,25,26). The van der Waals surface area contributed by atoms with E-state index in [-0.39, 0.29) is 13.0 Å². The van der Waals surface area contributed by atoms with E-state index < -0.39 is 17.9 Å². The highest BCUT2D eigenvalue weighted by molar-refractivity contribution is 5.94. The van der Waals surface area contributed by atoms with Gasteiger partial charge in [-0.15, -0.1) is 0 Å².